The second-order valence-corrected chi connectivity index (χ2v) is 5.24. The lowest BCUT2D eigenvalue weighted by atomic mass is 10.1. The first-order valence-corrected chi connectivity index (χ1v) is 7.15. The molecule has 9 heteroatoms. The first-order valence-electron chi connectivity index (χ1n) is 7.15. The van der Waals surface area contributed by atoms with Gasteiger partial charge >= 0.3 is 6.61 Å². The summed E-state index contributed by atoms with van der Waals surface area (Å²) in [6, 6.07) is 7.26. The van der Waals surface area contributed by atoms with Crippen molar-refractivity contribution < 1.29 is 18.3 Å². The predicted octanol–water partition coefficient (Wildman–Crippen LogP) is 1.04. The van der Waals surface area contributed by atoms with E-state index in [-0.39, 0.29) is 18.9 Å². The maximum absolute atomic E-state index is 12.2. The van der Waals surface area contributed by atoms with Gasteiger partial charge in [0.1, 0.15) is 6.33 Å². The van der Waals surface area contributed by atoms with Crippen molar-refractivity contribution >= 4 is 5.91 Å². The van der Waals surface area contributed by atoms with Crippen LogP contribution in [-0.2, 0) is 16.0 Å². The molecule has 0 N–H and O–H groups in total. The lowest BCUT2D eigenvalue weighted by Gasteiger charge is -2.16. The summed E-state index contributed by atoms with van der Waals surface area (Å²) in [7, 11) is 0. The van der Waals surface area contributed by atoms with Crippen LogP contribution in [0.1, 0.15) is 12.0 Å². The van der Waals surface area contributed by atoms with Crippen LogP contribution in [0.2, 0.25) is 0 Å². The second-order valence-electron chi connectivity index (χ2n) is 5.24. The van der Waals surface area contributed by atoms with Crippen LogP contribution in [0.15, 0.2) is 30.6 Å². The molecule has 1 aliphatic heterocycles. The van der Waals surface area contributed by atoms with Gasteiger partial charge in [-0.1, -0.05) is 12.1 Å². The standard InChI is InChI=1S/C14H15F2N5O2/c15-14(16)23-12-5-6-20(8-12)13(22)7-10-1-3-11(4-2-10)21-9-17-18-19-21/h1-4,9,12,14H,5-8H2/t12-/m0/s1. The highest BCUT2D eigenvalue weighted by Crippen LogP contribution is 2.17. The van der Waals surface area contributed by atoms with Gasteiger partial charge in [-0.2, -0.15) is 8.78 Å². The number of halogens is 2. The molecule has 7 nitrogen and oxygen atoms in total. The molecule has 0 saturated carbocycles. The molecule has 3 rings (SSSR count). The highest BCUT2D eigenvalue weighted by molar-refractivity contribution is 5.79. The molecule has 2 aromatic rings. The normalized spacial score (nSPS) is 17.9. The average Bonchev–Trinajstić information content (AvgIpc) is 3.19. The van der Waals surface area contributed by atoms with Gasteiger partial charge in [-0.3, -0.25) is 4.79 Å². The van der Waals surface area contributed by atoms with Gasteiger partial charge in [-0.15, -0.1) is 5.10 Å². The Bertz CT molecular complexity index is 648. The van der Waals surface area contributed by atoms with E-state index in [1.807, 2.05) is 24.3 Å². The number of nitrogens with zero attached hydrogens (tertiary/aromatic N) is 5. The van der Waals surface area contributed by atoms with Gasteiger partial charge < -0.3 is 9.64 Å². The first-order chi connectivity index (χ1) is 11.1. The molecule has 0 unspecified atom stereocenters. The number of aromatic nitrogens is 4. The molecule has 2 heterocycles. The monoisotopic (exact) mass is 323 g/mol. The Balaban J connectivity index is 1.56. The van der Waals surface area contributed by atoms with Gasteiger partial charge in [0.05, 0.1) is 18.2 Å². The maximum Gasteiger partial charge on any atom is 0.345 e. The van der Waals surface area contributed by atoms with Crippen molar-refractivity contribution in [3.8, 4) is 5.69 Å². The molecule has 0 spiro atoms. The lowest BCUT2D eigenvalue weighted by molar-refractivity contribution is -0.160. The van der Waals surface area contributed by atoms with Crippen molar-refractivity contribution in [3.05, 3.63) is 36.2 Å². The minimum atomic E-state index is -2.80. The van der Waals surface area contributed by atoms with E-state index in [1.54, 1.807) is 4.90 Å². The fraction of sp³-hybridized carbons (Fsp3) is 0.429. The molecular weight excluding hydrogens is 308 g/mol. The highest BCUT2D eigenvalue weighted by atomic mass is 19.3. The fourth-order valence-electron chi connectivity index (χ4n) is 2.54. The third-order valence-electron chi connectivity index (χ3n) is 3.70. The summed E-state index contributed by atoms with van der Waals surface area (Å²) >= 11 is 0. The number of alkyl halides is 2. The number of rotatable bonds is 5. The quantitative estimate of drug-likeness (QED) is 0.822. The zero-order valence-corrected chi connectivity index (χ0v) is 12.2. The van der Waals surface area contributed by atoms with E-state index < -0.39 is 12.7 Å². The molecule has 0 aliphatic carbocycles. The molecule has 1 aliphatic rings. The molecular formula is C14H15F2N5O2. The molecule has 1 aromatic carbocycles. The zero-order chi connectivity index (χ0) is 16.2. The minimum absolute atomic E-state index is 0.0967. The number of ether oxygens (including phenoxy) is 1. The minimum Gasteiger partial charge on any atom is -0.340 e. The second kappa shape index (κ2) is 6.78. The topological polar surface area (TPSA) is 73.1 Å². The van der Waals surface area contributed by atoms with E-state index in [2.05, 4.69) is 20.3 Å². The Morgan fingerprint density at radius 3 is 2.78 bits per heavy atom. The van der Waals surface area contributed by atoms with Gasteiger partial charge in [0.15, 0.2) is 0 Å². The van der Waals surface area contributed by atoms with E-state index in [0.717, 1.165) is 11.3 Å². The Labute approximate surface area is 130 Å². The lowest BCUT2D eigenvalue weighted by Crippen LogP contribution is -2.31. The molecule has 1 fully saturated rings. The van der Waals surface area contributed by atoms with E-state index >= 15 is 0 Å². The van der Waals surface area contributed by atoms with Crippen molar-refractivity contribution in [1.29, 1.82) is 0 Å². The molecule has 0 bridgehead atoms. The molecule has 0 radical (unpaired) electrons. The van der Waals surface area contributed by atoms with E-state index in [9.17, 15) is 13.6 Å². The van der Waals surface area contributed by atoms with Gasteiger partial charge in [0.2, 0.25) is 5.91 Å². The van der Waals surface area contributed by atoms with Crippen LogP contribution in [0, 0.1) is 0 Å². The van der Waals surface area contributed by atoms with E-state index in [1.165, 1.54) is 11.0 Å². The van der Waals surface area contributed by atoms with Crippen LogP contribution < -0.4 is 0 Å². The largest absolute Gasteiger partial charge is 0.345 e. The van der Waals surface area contributed by atoms with E-state index in [0.29, 0.717) is 13.0 Å². The Morgan fingerprint density at radius 2 is 2.13 bits per heavy atom. The van der Waals surface area contributed by atoms with Crippen LogP contribution >= 0.6 is 0 Å². The molecule has 1 aromatic heterocycles. The fourth-order valence-corrected chi connectivity index (χ4v) is 2.54. The van der Waals surface area contributed by atoms with Crippen LogP contribution in [0.25, 0.3) is 5.69 Å². The van der Waals surface area contributed by atoms with Crippen molar-refractivity contribution in [2.45, 2.75) is 25.6 Å². The number of hydrogen-bond acceptors (Lipinski definition) is 5. The average molecular weight is 323 g/mol. The van der Waals surface area contributed by atoms with Crippen LogP contribution in [-0.4, -0.2) is 56.8 Å². The van der Waals surface area contributed by atoms with Crippen molar-refractivity contribution in [2.75, 3.05) is 13.1 Å². The number of amides is 1. The smallest absolute Gasteiger partial charge is 0.340 e. The van der Waals surface area contributed by atoms with Gasteiger partial charge in [-0.05, 0) is 34.5 Å². The molecule has 1 atom stereocenters. The Kier molecular flexibility index (Phi) is 4.56. The first kappa shape index (κ1) is 15.5. The summed E-state index contributed by atoms with van der Waals surface area (Å²) in [6.45, 7) is -2.14. The third kappa shape index (κ3) is 3.86. The molecule has 1 saturated heterocycles. The summed E-state index contributed by atoms with van der Waals surface area (Å²) < 4.78 is 30.3. The number of carbonyl (C=O) groups excluding carboxylic acids is 1. The number of likely N-dealkylation sites (tertiary alicyclic amines) is 1. The summed E-state index contributed by atoms with van der Waals surface area (Å²) in [5, 5.41) is 10.9. The zero-order valence-electron chi connectivity index (χ0n) is 12.2. The van der Waals surface area contributed by atoms with Gasteiger partial charge in [-0.25, -0.2) is 4.68 Å². The summed E-state index contributed by atoms with van der Waals surface area (Å²) in [5.41, 5.74) is 1.63. The van der Waals surface area contributed by atoms with Gasteiger partial charge in [0, 0.05) is 13.1 Å². The number of hydrogen-bond donors (Lipinski definition) is 0. The molecule has 1 amide bonds. The maximum atomic E-state index is 12.2. The Hall–Kier alpha value is -2.42. The van der Waals surface area contributed by atoms with Crippen molar-refractivity contribution in [3.63, 3.8) is 0 Å². The SMILES string of the molecule is O=C(Cc1ccc(-n2cnnn2)cc1)N1CC[C@H](OC(F)F)C1. The van der Waals surface area contributed by atoms with Crippen LogP contribution in [0.4, 0.5) is 8.78 Å². The molecule has 23 heavy (non-hydrogen) atoms. The van der Waals surface area contributed by atoms with E-state index in [4.69, 9.17) is 0 Å². The van der Waals surface area contributed by atoms with Crippen LogP contribution in [0.3, 0.4) is 0 Å². The third-order valence-corrected chi connectivity index (χ3v) is 3.70. The summed E-state index contributed by atoms with van der Waals surface area (Å²) in [5.74, 6) is -0.0967. The van der Waals surface area contributed by atoms with Gasteiger partial charge in [0.25, 0.3) is 0 Å². The molecule has 122 valence electrons. The Morgan fingerprint density at radius 1 is 1.35 bits per heavy atom. The van der Waals surface area contributed by atoms with Crippen LogP contribution in [0.5, 0.6) is 0 Å². The summed E-state index contributed by atoms with van der Waals surface area (Å²) in [6.07, 6.45) is 1.56. The van der Waals surface area contributed by atoms with Crippen molar-refractivity contribution in [2.24, 2.45) is 0 Å². The number of tetrazole rings is 1. The number of carbonyl (C=O) groups is 1. The predicted molar refractivity (Wildman–Crippen MR) is 74.9 cm³/mol. The number of benzene rings is 1. The highest BCUT2D eigenvalue weighted by Gasteiger charge is 2.28. The van der Waals surface area contributed by atoms with Crippen molar-refractivity contribution in [1.82, 2.24) is 25.1 Å². The summed E-state index contributed by atoms with van der Waals surface area (Å²) in [4.78, 5) is 13.8.